The minimum atomic E-state index is 0.148. The zero-order valence-electron chi connectivity index (χ0n) is 10.0. The van der Waals surface area contributed by atoms with Gasteiger partial charge in [0.1, 0.15) is 0 Å². The van der Waals surface area contributed by atoms with Gasteiger partial charge in [-0.1, -0.05) is 19.8 Å². The normalized spacial score (nSPS) is 24.7. The minimum Gasteiger partial charge on any atom is -0.340 e. The van der Waals surface area contributed by atoms with Gasteiger partial charge in [-0.05, 0) is 42.0 Å². The van der Waals surface area contributed by atoms with Gasteiger partial charge in [0.2, 0.25) is 16.5 Å². The number of hydrogen-bond acceptors (Lipinski definition) is 4. The molecule has 0 radical (unpaired) electrons. The summed E-state index contributed by atoms with van der Waals surface area (Å²) in [5, 5.41) is 0.297. The van der Waals surface area contributed by atoms with Crippen molar-refractivity contribution in [3.05, 3.63) is 10.6 Å². The van der Waals surface area contributed by atoms with Crippen molar-refractivity contribution in [2.24, 2.45) is 5.92 Å². The Morgan fingerprint density at radius 1 is 1.06 bits per heavy atom. The average molecular weight is 275 g/mol. The highest BCUT2D eigenvalue weighted by molar-refractivity contribution is 6.31. The number of halogens is 2. The van der Waals surface area contributed by atoms with Gasteiger partial charge >= 0.3 is 0 Å². The number of anilines is 1. The zero-order chi connectivity index (χ0) is 12.4. The first-order chi connectivity index (χ1) is 8.08. The monoisotopic (exact) mass is 274 g/mol. The fraction of sp³-hybridized carbons (Fsp3) is 0.727. The molecular weight excluding hydrogens is 259 g/mol. The van der Waals surface area contributed by atoms with Gasteiger partial charge in [0, 0.05) is 13.1 Å². The lowest BCUT2D eigenvalue weighted by molar-refractivity contribution is 0.319. The molecule has 1 saturated carbocycles. The van der Waals surface area contributed by atoms with E-state index in [1.54, 1.807) is 0 Å². The number of rotatable bonds is 2. The van der Waals surface area contributed by atoms with Crippen LogP contribution in [0.25, 0.3) is 0 Å². The molecule has 0 aromatic carbocycles. The molecule has 17 heavy (non-hydrogen) atoms. The van der Waals surface area contributed by atoms with E-state index in [1.165, 1.54) is 25.7 Å². The molecule has 2 unspecified atom stereocenters. The molecule has 1 aliphatic carbocycles. The second kappa shape index (κ2) is 5.36. The van der Waals surface area contributed by atoms with E-state index in [0.29, 0.717) is 17.9 Å². The molecule has 0 aliphatic heterocycles. The molecule has 1 aromatic heterocycles. The maximum atomic E-state index is 5.80. The topological polar surface area (TPSA) is 41.9 Å². The van der Waals surface area contributed by atoms with Crippen molar-refractivity contribution in [3.8, 4) is 0 Å². The second-order valence-electron chi connectivity index (χ2n) is 4.61. The van der Waals surface area contributed by atoms with Crippen LogP contribution in [0.3, 0.4) is 0 Å². The van der Waals surface area contributed by atoms with Crippen LogP contribution in [0.15, 0.2) is 0 Å². The molecular formula is C11H16Cl2N4. The maximum absolute atomic E-state index is 5.80. The third kappa shape index (κ3) is 2.99. The Kier molecular flexibility index (Phi) is 4.05. The van der Waals surface area contributed by atoms with Gasteiger partial charge in [-0.3, -0.25) is 0 Å². The molecule has 1 aromatic rings. The van der Waals surface area contributed by atoms with Crippen LogP contribution in [-0.2, 0) is 0 Å². The third-order valence-electron chi connectivity index (χ3n) is 3.45. The van der Waals surface area contributed by atoms with E-state index in [1.807, 2.05) is 7.05 Å². The van der Waals surface area contributed by atoms with Gasteiger partial charge in [0.25, 0.3) is 0 Å². The zero-order valence-corrected chi connectivity index (χ0v) is 11.5. The fourth-order valence-corrected chi connectivity index (χ4v) is 2.85. The van der Waals surface area contributed by atoms with Crippen LogP contribution < -0.4 is 4.90 Å². The minimum absolute atomic E-state index is 0.148. The van der Waals surface area contributed by atoms with Gasteiger partial charge in [0.05, 0.1) is 0 Å². The molecule has 1 fully saturated rings. The average Bonchev–Trinajstić information content (AvgIpc) is 2.27. The van der Waals surface area contributed by atoms with E-state index in [0.717, 1.165) is 0 Å². The molecule has 4 nitrogen and oxygen atoms in total. The summed E-state index contributed by atoms with van der Waals surface area (Å²) in [5.74, 6) is 1.21. The summed E-state index contributed by atoms with van der Waals surface area (Å²) in [6.45, 7) is 2.27. The highest BCUT2D eigenvalue weighted by atomic mass is 35.5. The molecule has 1 aliphatic rings. The first-order valence-electron chi connectivity index (χ1n) is 5.88. The summed E-state index contributed by atoms with van der Waals surface area (Å²) < 4.78 is 0. The molecule has 0 saturated heterocycles. The SMILES string of the molecule is CC1CCCCC1N(C)c1nc(Cl)nc(Cl)n1. The van der Waals surface area contributed by atoms with Gasteiger partial charge in [-0.2, -0.15) is 15.0 Å². The third-order valence-corrected chi connectivity index (χ3v) is 3.79. The highest BCUT2D eigenvalue weighted by Crippen LogP contribution is 2.29. The predicted octanol–water partition coefficient (Wildman–Crippen LogP) is 3.19. The molecule has 1 heterocycles. The highest BCUT2D eigenvalue weighted by Gasteiger charge is 2.26. The smallest absolute Gasteiger partial charge is 0.230 e. The lowest BCUT2D eigenvalue weighted by atomic mass is 9.85. The Morgan fingerprint density at radius 3 is 2.24 bits per heavy atom. The molecule has 2 rings (SSSR count). The van der Waals surface area contributed by atoms with E-state index in [9.17, 15) is 0 Å². The van der Waals surface area contributed by atoms with Gasteiger partial charge in [-0.25, -0.2) is 0 Å². The van der Waals surface area contributed by atoms with Crippen molar-refractivity contribution in [1.29, 1.82) is 0 Å². The fourth-order valence-electron chi connectivity index (χ4n) is 2.49. The maximum Gasteiger partial charge on any atom is 0.230 e. The van der Waals surface area contributed by atoms with Crippen LogP contribution in [-0.4, -0.2) is 28.0 Å². The molecule has 0 N–H and O–H groups in total. The van der Waals surface area contributed by atoms with Crippen LogP contribution >= 0.6 is 23.2 Å². The first kappa shape index (κ1) is 12.8. The van der Waals surface area contributed by atoms with Gasteiger partial charge in [-0.15, -0.1) is 0 Å². The summed E-state index contributed by atoms with van der Waals surface area (Å²) >= 11 is 11.6. The number of aromatic nitrogens is 3. The quantitative estimate of drug-likeness (QED) is 0.831. The molecule has 94 valence electrons. The van der Waals surface area contributed by atoms with Gasteiger partial charge < -0.3 is 4.90 Å². The lowest BCUT2D eigenvalue weighted by Crippen LogP contribution is -2.40. The Morgan fingerprint density at radius 2 is 1.65 bits per heavy atom. The molecule has 2 atom stereocenters. The van der Waals surface area contributed by atoms with Crippen molar-refractivity contribution in [2.75, 3.05) is 11.9 Å². The summed E-state index contributed by atoms with van der Waals surface area (Å²) in [6.07, 6.45) is 4.98. The Hall–Kier alpha value is -0.610. The van der Waals surface area contributed by atoms with Crippen LogP contribution in [0.2, 0.25) is 10.6 Å². The van der Waals surface area contributed by atoms with Gasteiger partial charge in [0.15, 0.2) is 0 Å². The molecule has 0 amide bonds. The number of hydrogen-bond donors (Lipinski definition) is 0. The van der Waals surface area contributed by atoms with Crippen LogP contribution in [0, 0.1) is 5.92 Å². The van der Waals surface area contributed by atoms with E-state index in [-0.39, 0.29) is 10.6 Å². The molecule has 0 spiro atoms. The lowest BCUT2D eigenvalue weighted by Gasteiger charge is -2.36. The predicted molar refractivity (Wildman–Crippen MR) is 69.7 cm³/mol. The molecule has 0 bridgehead atoms. The second-order valence-corrected chi connectivity index (χ2v) is 5.29. The van der Waals surface area contributed by atoms with E-state index < -0.39 is 0 Å². The molecule has 6 heteroatoms. The summed E-state index contributed by atoms with van der Waals surface area (Å²) in [4.78, 5) is 14.1. The van der Waals surface area contributed by atoms with Crippen molar-refractivity contribution in [2.45, 2.75) is 38.6 Å². The summed E-state index contributed by atoms with van der Waals surface area (Å²) in [5.41, 5.74) is 0. The van der Waals surface area contributed by atoms with E-state index in [4.69, 9.17) is 23.2 Å². The number of nitrogens with zero attached hydrogens (tertiary/aromatic N) is 4. The van der Waals surface area contributed by atoms with Crippen molar-refractivity contribution in [1.82, 2.24) is 15.0 Å². The van der Waals surface area contributed by atoms with E-state index in [2.05, 4.69) is 26.8 Å². The Balaban J connectivity index is 2.20. The van der Waals surface area contributed by atoms with Crippen molar-refractivity contribution < 1.29 is 0 Å². The van der Waals surface area contributed by atoms with Crippen LogP contribution in [0.5, 0.6) is 0 Å². The van der Waals surface area contributed by atoms with E-state index >= 15 is 0 Å². The standard InChI is InChI=1S/C11H16Cl2N4/c1-7-5-3-4-6-8(7)17(2)11-15-9(12)14-10(13)16-11/h7-8H,3-6H2,1-2H3. The summed E-state index contributed by atoms with van der Waals surface area (Å²) in [7, 11) is 1.99. The first-order valence-corrected chi connectivity index (χ1v) is 6.63. The Labute approximate surface area is 111 Å². The Bertz CT molecular complexity index is 379. The van der Waals surface area contributed by atoms with Crippen LogP contribution in [0.1, 0.15) is 32.6 Å². The largest absolute Gasteiger partial charge is 0.340 e. The van der Waals surface area contributed by atoms with Crippen molar-refractivity contribution in [3.63, 3.8) is 0 Å². The summed E-state index contributed by atoms with van der Waals surface area (Å²) in [6, 6.07) is 0.457. The van der Waals surface area contributed by atoms with Crippen molar-refractivity contribution >= 4 is 29.2 Å². The van der Waals surface area contributed by atoms with Crippen LogP contribution in [0.4, 0.5) is 5.95 Å².